The molecule has 7 nitrogen and oxygen atoms in total. The lowest BCUT2D eigenvalue weighted by atomic mass is 10.0. The van der Waals surface area contributed by atoms with Gasteiger partial charge in [-0.05, 0) is 44.5 Å². The van der Waals surface area contributed by atoms with Gasteiger partial charge in [0, 0.05) is 52.0 Å². The Morgan fingerprint density at radius 1 is 1.12 bits per heavy atom. The number of nitrogens with zero attached hydrogens (tertiary/aromatic N) is 4. The predicted molar refractivity (Wildman–Crippen MR) is 131 cm³/mol. The van der Waals surface area contributed by atoms with E-state index < -0.39 is 5.60 Å². The van der Waals surface area contributed by atoms with Gasteiger partial charge in [0.25, 0.3) is 5.91 Å². The Hall–Kier alpha value is -3.24. The van der Waals surface area contributed by atoms with E-state index in [1.165, 1.54) is 4.90 Å². The zero-order valence-corrected chi connectivity index (χ0v) is 20.4. The highest BCUT2D eigenvalue weighted by Crippen LogP contribution is 2.29. The standard InChI is InChI=1S/C25H29ClN4O3/c1-7-17-14-19(18-8-9-20(21(26)15-18)23(31)28(5)6)16-27-22(17)29-10-12-30(13-11-29)24(32)33-25(2,3)4/h1,8-9,14-16H,10-13H2,2-6H3. The van der Waals surface area contributed by atoms with Gasteiger partial charge in [-0.2, -0.15) is 0 Å². The number of amides is 2. The number of hydrogen-bond donors (Lipinski definition) is 0. The van der Waals surface area contributed by atoms with Crippen molar-refractivity contribution < 1.29 is 14.3 Å². The van der Waals surface area contributed by atoms with E-state index in [-0.39, 0.29) is 12.0 Å². The number of rotatable bonds is 3. The summed E-state index contributed by atoms with van der Waals surface area (Å²) in [5.41, 5.74) is 2.20. The zero-order chi connectivity index (χ0) is 24.3. The fraction of sp³-hybridized carbons (Fsp3) is 0.400. The molecule has 0 radical (unpaired) electrons. The highest BCUT2D eigenvalue weighted by atomic mass is 35.5. The molecular weight excluding hydrogens is 440 g/mol. The number of carbonyl (C=O) groups excluding carboxylic acids is 2. The van der Waals surface area contributed by atoms with Gasteiger partial charge in [-0.3, -0.25) is 4.79 Å². The van der Waals surface area contributed by atoms with Crippen LogP contribution in [0.2, 0.25) is 5.02 Å². The lowest BCUT2D eigenvalue weighted by molar-refractivity contribution is 0.0240. The number of carbonyl (C=O) groups is 2. The number of halogens is 1. The fourth-order valence-electron chi connectivity index (χ4n) is 3.51. The Morgan fingerprint density at radius 3 is 2.33 bits per heavy atom. The minimum atomic E-state index is -0.525. The molecule has 0 N–H and O–H groups in total. The summed E-state index contributed by atoms with van der Waals surface area (Å²) >= 11 is 6.37. The normalized spacial score (nSPS) is 14.0. The fourth-order valence-corrected chi connectivity index (χ4v) is 3.77. The Morgan fingerprint density at radius 2 is 1.79 bits per heavy atom. The number of benzene rings is 1. The average molecular weight is 469 g/mol. The van der Waals surface area contributed by atoms with E-state index in [1.807, 2.05) is 32.9 Å². The van der Waals surface area contributed by atoms with Crippen LogP contribution in [0.15, 0.2) is 30.5 Å². The van der Waals surface area contributed by atoms with Gasteiger partial charge < -0.3 is 19.4 Å². The molecule has 8 heteroatoms. The van der Waals surface area contributed by atoms with Crippen molar-refractivity contribution in [3.8, 4) is 23.5 Å². The first kappa shape index (κ1) is 24.4. The first-order valence-corrected chi connectivity index (χ1v) is 11.1. The molecule has 1 aliphatic rings. The summed E-state index contributed by atoms with van der Waals surface area (Å²) in [7, 11) is 3.36. The molecule has 1 fully saturated rings. The second-order valence-corrected chi connectivity index (χ2v) is 9.50. The van der Waals surface area contributed by atoms with Crippen molar-refractivity contribution in [1.82, 2.24) is 14.8 Å². The van der Waals surface area contributed by atoms with Crippen molar-refractivity contribution in [3.63, 3.8) is 0 Å². The number of pyridine rings is 1. The molecule has 1 saturated heterocycles. The van der Waals surface area contributed by atoms with Crippen LogP contribution < -0.4 is 4.90 Å². The number of terminal acetylenes is 1. The molecule has 174 valence electrons. The molecule has 2 aromatic rings. The summed E-state index contributed by atoms with van der Waals surface area (Å²) in [5.74, 6) is 3.27. The van der Waals surface area contributed by atoms with E-state index in [1.54, 1.807) is 37.3 Å². The Labute approximate surface area is 200 Å². The van der Waals surface area contributed by atoms with Gasteiger partial charge in [0.05, 0.1) is 16.1 Å². The molecule has 0 atom stereocenters. The van der Waals surface area contributed by atoms with E-state index in [0.29, 0.717) is 48.1 Å². The number of hydrogen-bond acceptors (Lipinski definition) is 5. The molecular formula is C25H29ClN4O3. The molecule has 3 rings (SSSR count). The third kappa shape index (κ3) is 5.77. The summed E-state index contributed by atoms with van der Waals surface area (Å²) in [6.45, 7) is 7.82. The van der Waals surface area contributed by atoms with Crippen LogP contribution in [0.5, 0.6) is 0 Å². The lowest BCUT2D eigenvalue weighted by Crippen LogP contribution is -2.50. The monoisotopic (exact) mass is 468 g/mol. The van der Waals surface area contributed by atoms with E-state index in [4.69, 9.17) is 22.8 Å². The van der Waals surface area contributed by atoms with Gasteiger partial charge in [0.15, 0.2) is 0 Å². The molecule has 0 aliphatic carbocycles. The van der Waals surface area contributed by atoms with Crippen molar-refractivity contribution in [1.29, 1.82) is 0 Å². The van der Waals surface area contributed by atoms with Gasteiger partial charge in [-0.25, -0.2) is 9.78 Å². The number of piperazine rings is 1. The van der Waals surface area contributed by atoms with E-state index in [0.717, 1.165) is 11.1 Å². The Balaban J connectivity index is 1.76. The molecule has 0 unspecified atom stereocenters. The average Bonchev–Trinajstić information content (AvgIpc) is 2.77. The predicted octanol–water partition coefficient (Wildman–Crippen LogP) is 4.14. The second kappa shape index (κ2) is 9.72. The number of ether oxygens (including phenoxy) is 1. The van der Waals surface area contributed by atoms with Gasteiger partial charge in [0.2, 0.25) is 0 Å². The van der Waals surface area contributed by atoms with E-state index in [2.05, 4.69) is 15.8 Å². The van der Waals surface area contributed by atoms with Gasteiger partial charge >= 0.3 is 6.09 Å². The first-order chi connectivity index (χ1) is 15.5. The molecule has 1 aromatic heterocycles. The van der Waals surface area contributed by atoms with E-state index in [9.17, 15) is 9.59 Å². The summed E-state index contributed by atoms with van der Waals surface area (Å²) in [5, 5.41) is 0.371. The minimum absolute atomic E-state index is 0.158. The Bertz CT molecular complexity index is 1090. The zero-order valence-electron chi connectivity index (χ0n) is 19.7. The molecule has 0 bridgehead atoms. The minimum Gasteiger partial charge on any atom is -0.444 e. The summed E-state index contributed by atoms with van der Waals surface area (Å²) in [6, 6.07) is 7.18. The summed E-state index contributed by atoms with van der Waals surface area (Å²) < 4.78 is 5.46. The van der Waals surface area contributed by atoms with Crippen molar-refractivity contribution in [3.05, 3.63) is 46.6 Å². The third-order valence-corrected chi connectivity index (χ3v) is 5.50. The van der Waals surface area contributed by atoms with Crippen LogP contribution in [0.4, 0.5) is 10.6 Å². The first-order valence-electron chi connectivity index (χ1n) is 10.7. The topological polar surface area (TPSA) is 66.0 Å². The van der Waals surface area contributed by atoms with E-state index >= 15 is 0 Å². The number of aromatic nitrogens is 1. The molecule has 1 aromatic carbocycles. The maximum atomic E-state index is 12.3. The van der Waals surface area contributed by atoms with Crippen molar-refractivity contribution in [2.45, 2.75) is 26.4 Å². The molecule has 2 amide bonds. The lowest BCUT2D eigenvalue weighted by Gasteiger charge is -2.36. The van der Waals surface area contributed by atoms with Crippen molar-refractivity contribution >= 4 is 29.4 Å². The van der Waals surface area contributed by atoms with Crippen LogP contribution in [-0.4, -0.2) is 72.7 Å². The maximum absolute atomic E-state index is 12.3. The third-order valence-electron chi connectivity index (χ3n) is 5.19. The molecule has 1 aliphatic heterocycles. The molecule has 2 heterocycles. The maximum Gasteiger partial charge on any atom is 0.410 e. The highest BCUT2D eigenvalue weighted by Gasteiger charge is 2.27. The van der Waals surface area contributed by atoms with Gasteiger partial charge in [0.1, 0.15) is 11.4 Å². The van der Waals surface area contributed by atoms with Crippen LogP contribution >= 0.6 is 11.6 Å². The summed E-state index contributed by atoms with van der Waals surface area (Å²) in [6.07, 6.45) is 7.23. The summed E-state index contributed by atoms with van der Waals surface area (Å²) in [4.78, 5) is 34.4. The number of anilines is 1. The molecule has 33 heavy (non-hydrogen) atoms. The van der Waals surface area contributed by atoms with Crippen molar-refractivity contribution in [2.75, 3.05) is 45.2 Å². The van der Waals surface area contributed by atoms with Crippen LogP contribution in [0, 0.1) is 12.3 Å². The molecule has 0 spiro atoms. The smallest absolute Gasteiger partial charge is 0.410 e. The van der Waals surface area contributed by atoms with Crippen LogP contribution in [-0.2, 0) is 4.74 Å². The highest BCUT2D eigenvalue weighted by molar-refractivity contribution is 6.34. The van der Waals surface area contributed by atoms with Crippen LogP contribution in [0.25, 0.3) is 11.1 Å². The largest absolute Gasteiger partial charge is 0.444 e. The quantitative estimate of drug-likeness (QED) is 0.633. The van der Waals surface area contributed by atoms with Crippen LogP contribution in [0.1, 0.15) is 36.7 Å². The van der Waals surface area contributed by atoms with Crippen LogP contribution in [0.3, 0.4) is 0 Å². The second-order valence-electron chi connectivity index (χ2n) is 9.09. The van der Waals surface area contributed by atoms with Gasteiger partial charge in [-0.1, -0.05) is 23.6 Å². The SMILES string of the molecule is C#Cc1cc(-c2ccc(C(=O)N(C)C)c(Cl)c2)cnc1N1CCN(C(=O)OC(C)(C)C)CC1. The van der Waals surface area contributed by atoms with Crippen molar-refractivity contribution in [2.24, 2.45) is 0 Å². The van der Waals surface area contributed by atoms with Gasteiger partial charge in [-0.15, -0.1) is 6.42 Å². The molecule has 0 saturated carbocycles. The Kier molecular flexibility index (Phi) is 7.19.